The van der Waals surface area contributed by atoms with E-state index in [2.05, 4.69) is 4.98 Å². The van der Waals surface area contributed by atoms with Gasteiger partial charge < -0.3 is 14.8 Å². The van der Waals surface area contributed by atoms with Crippen molar-refractivity contribution in [1.29, 1.82) is 0 Å². The number of aliphatic carboxylic acids is 1. The molecule has 1 aliphatic heterocycles. The van der Waals surface area contributed by atoms with Crippen molar-refractivity contribution in [2.75, 3.05) is 6.61 Å². The summed E-state index contributed by atoms with van der Waals surface area (Å²) in [5.74, 6) is -2.77. The molecule has 1 aromatic carbocycles. The SMILES string of the molecule is CCCCOC12C(=O)N([C@H](Cc3c[nH]c4ccccc34)C(=O)O)C(=O)C1C2(C)C. The summed E-state index contributed by atoms with van der Waals surface area (Å²) in [5.41, 5.74) is -0.203. The molecule has 29 heavy (non-hydrogen) atoms. The predicted octanol–water partition coefficient (Wildman–Crippen LogP) is 2.74. The molecular weight excluding hydrogens is 372 g/mol. The number of carbonyl (C=O) groups excluding carboxylic acids is 2. The first-order chi connectivity index (χ1) is 13.8. The van der Waals surface area contributed by atoms with E-state index in [0.29, 0.717) is 6.61 Å². The summed E-state index contributed by atoms with van der Waals surface area (Å²) >= 11 is 0. The number of H-pyrrole nitrogens is 1. The zero-order chi connectivity index (χ0) is 21.0. The van der Waals surface area contributed by atoms with Crippen LogP contribution < -0.4 is 0 Å². The molecule has 2 aliphatic rings. The van der Waals surface area contributed by atoms with Crippen LogP contribution in [0.2, 0.25) is 0 Å². The fourth-order valence-electron chi connectivity index (χ4n) is 4.82. The summed E-state index contributed by atoms with van der Waals surface area (Å²) in [6.45, 7) is 6.08. The van der Waals surface area contributed by atoms with E-state index in [1.807, 2.05) is 45.0 Å². The highest BCUT2D eigenvalue weighted by molar-refractivity contribution is 6.17. The lowest BCUT2D eigenvalue weighted by molar-refractivity contribution is -0.161. The number of ether oxygens (including phenoxy) is 1. The van der Waals surface area contributed by atoms with E-state index in [4.69, 9.17) is 4.74 Å². The third kappa shape index (κ3) is 2.64. The van der Waals surface area contributed by atoms with Gasteiger partial charge in [-0.15, -0.1) is 0 Å². The first-order valence-electron chi connectivity index (χ1n) is 10.1. The number of para-hydroxylation sites is 1. The molecule has 1 aliphatic carbocycles. The Morgan fingerprint density at radius 1 is 1.31 bits per heavy atom. The molecule has 0 radical (unpaired) electrons. The number of amides is 2. The molecule has 1 saturated heterocycles. The van der Waals surface area contributed by atoms with Crippen molar-refractivity contribution in [3.63, 3.8) is 0 Å². The number of carboxylic acids is 1. The number of hydrogen-bond acceptors (Lipinski definition) is 4. The number of imide groups is 1. The second kappa shape index (κ2) is 6.69. The Morgan fingerprint density at radius 3 is 2.72 bits per heavy atom. The summed E-state index contributed by atoms with van der Waals surface area (Å²) in [5, 5.41) is 10.8. The molecule has 2 fully saturated rings. The number of nitrogens with one attached hydrogen (secondary N) is 1. The van der Waals surface area contributed by atoms with Gasteiger partial charge in [0.05, 0.1) is 5.92 Å². The third-order valence-electron chi connectivity index (χ3n) is 6.54. The lowest BCUT2D eigenvalue weighted by Gasteiger charge is -2.29. The molecule has 1 saturated carbocycles. The van der Waals surface area contributed by atoms with E-state index in [-0.39, 0.29) is 6.42 Å². The number of carbonyl (C=O) groups is 3. The molecule has 7 nitrogen and oxygen atoms in total. The molecule has 1 aromatic heterocycles. The maximum atomic E-state index is 13.3. The van der Waals surface area contributed by atoms with Crippen molar-refractivity contribution in [3.8, 4) is 0 Å². The highest BCUT2D eigenvalue weighted by Crippen LogP contribution is 2.69. The quantitative estimate of drug-likeness (QED) is 0.526. The van der Waals surface area contributed by atoms with Crippen LogP contribution in [-0.4, -0.2) is 51.0 Å². The standard InChI is InChI=1S/C22H26N2O5/c1-4-5-10-29-22-17(21(22,2)3)18(25)24(20(22)28)16(19(26)27)11-13-12-23-15-9-7-6-8-14(13)15/h6-9,12,16-17,23H,4-5,10-11H2,1-3H3,(H,26,27)/t16-,17?,22?/m1/s1. The number of nitrogens with zero attached hydrogens (tertiary/aromatic N) is 1. The molecule has 3 atom stereocenters. The molecule has 7 heteroatoms. The number of rotatable bonds is 8. The Bertz CT molecular complexity index is 994. The van der Waals surface area contributed by atoms with Crippen LogP contribution in [0.25, 0.3) is 10.9 Å². The Labute approximate surface area is 169 Å². The average molecular weight is 398 g/mol. The van der Waals surface area contributed by atoms with Crippen molar-refractivity contribution in [3.05, 3.63) is 36.0 Å². The van der Waals surface area contributed by atoms with Crippen LogP contribution in [0.5, 0.6) is 0 Å². The van der Waals surface area contributed by atoms with Gasteiger partial charge >= 0.3 is 5.97 Å². The molecular formula is C22H26N2O5. The van der Waals surface area contributed by atoms with E-state index in [1.165, 1.54) is 0 Å². The van der Waals surface area contributed by atoms with Gasteiger partial charge in [-0.1, -0.05) is 45.4 Å². The van der Waals surface area contributed by atoms with E-state index in [0.717, 1.165) is 34.2 Å². The third-order valence-corrected chi connectivity index (χ3v) is 6.54. The molecule has 2 unspecified atom stereocenters. The van der Waals surface area contributed by atoms with Gasteiger partial charge in [-0.2, -0.15) is 0 Å². The van der Waals surface area contributed by atoms with Gasteiger partial charge in [0.2, 0.25) is 5.91 Å². The Kier molecular flexibility index (Phi) is 4.53. The summed E-state index contributed by atoms with van der Waals surface area (Å²) in [4.78, 5) is 42.6. The predicted molar refractivity (Wildman–Crippen MR) is 106 cm³/mol. The number of aromatic nitrogens is 1. The topological polar surface area (TPSA) is 99.7 Å². The summed E-state index contributed by atoms with van der Waals surface area (Å²) in [6, 6.07) is 6.29. The van der Waals surface area contributed by atoms with E-state index >= 15 is 0 Å². The van der Waals surface area contributed by atoms with Gasteiger partial charge in [-0.25, -0.2) is 4.79 Å². The molecule has 2 N–H and O–H groups in total. The van der Waals surface area contributed by atoms with E-state index in [1.54, 1.807) is 6.20 Å². The number of aromatic amines is 1. The minimum absolute atomic E-state index is 0.0506. The van der Waals surface area contributed by atoms with Gasteiger partial charge in [0.15, 0.2) is 5.60 Å². The molecule has 154 valence electrons. The van der Waals surface area contributed by atoms with Crippen molar-refractivity contribution in [2.24, 2.45) is 11.3 Å². The van der Waals surface area contributed by atoms with Crippen molar-refractivity contribution >= 4 is 28.7 Å². The zero-order valence-electron chi connectivity index (χ0n) is 16.9. The van der Waals surface area contributed by atoms with Gasteiger partial charge in [0, 0.05) is 35.5 Å². The average Bonchev–Trinajstić information content (AvgIpc) is 2.93. The number of piperidine rings is 1. The number of hydrogen-bond donors (Lipinski definition) is 2. The van der Waals surface area contributed by atoms with Crippen molar-refractivity contribution in [2.45, 2.75) is 51.7 Å². The van der Waals surface area contributed by atoms with E-state index in [9.17, 15) is 19.5 Å². The van der Waals surface area contributed by atoms with Crippen LogP contribution in [0, 0.1) is 11.3 Å². The van der Waals surface area contributed by atoms with Crippen LogP contribution in [0.4, 0.5) is 0 Å². The van der Waals surface area contributed by atoms with Gasteiger partial charge in [-0.3, -0.25) is 14.5 Å². The fraction of sp³-hybridized carbons (Fsp3) is 0.500. The lowest BCUT2D eigenvalue weighted by Crippen LogP contribution is -2.52. The monoisotopic (exact) mass is 398 g/mol. The van der Waals surface area contributed by atoms with Crippen molar-refractivity contribution in [1.82, 2.24) is 9.88 Å². The smallest absolute Gasteiger partial charge is 0.327 e. The maximum absolute atomic E-state index is 13.3. The Hall–Kier alpha value is -2.67. The second-order valence-electron chi connectivity index (χ2n) is 8.52. The normalized spacial score (nSPS) is 26.0. The van der Waals surface area contributed by atoms with Gasteiger partial charge in [-0.05, 0) is 18.1 Å². The summed E-state index contributed by atoms with van der Waals surface area (Å²) in [7, 11) is 0. The molecule has 0 bridgehead atoms. The number of likely N-dealkylation sites (tertiary alicyclic amines) is 1. The van der Waals surface area contributed by atoms with Gasteiger partial charge in [0.25, 0.3) is 5.91 Å². The molecule has 2 amide bonds. The highest BCUT2D eigenvalue weighted by Gasteiger charge is 2.86. The summed E-state index contributed by atoms with van der Waals surface area (Å²) < 4.78 is 5.96. The molecule has 2 aromatic rings. The minimum atomic E-state index is -1.26. The highest BCUT2D eigenvalue weighted by atomic mass is 16.5. The molecule has 4 rings (SSSR count). The number of unbranched alkanes of at least 4 members (excludes halogenated alkanes) is 1. The maximum Gasteiger partial charge on any atom is 0.327 e. The minimum Gasteiger partial charge on any atom is -0.480 e. The zero-order valence-corrected chi connectivity index (χ0v) is 16.9. The van der Waals surface area contributed by atoms with Gasteiger partial charge in [0.1, 0.15) is 6.04 Å². The van der Waals surface area contributed by atoms with E-state index < -0.39 is 40.8 Å². The van der Waals surface area contributed by atoms with Crippen LogP contribution >= 0.6 is 0 Å². The number of carboxylic acid groups (broad SMARTS) is 1. The Balaban J connectivity index is 1.64. The molecule has 0 spiro atoms. The number of benzene rings is 1. The van der Waals surface area contributed by atoms with Crippen LogP contribution in [-0.2, 0) is 25.5 Å². The first kappa shape index (κ1) is 19.6. The molecule has 2 heterocycles. The van der Waals surface area contributed by atoms with Crippen LogP contribution in [0.15, 0.2) is 30.5 Å². The lowest BCUT2D eigenvalue weighted by atomic mass is 9.99. The largest absolute Gasteiger partial charge is 0.480 e. The number of fused-ring (bicyclic) bond motifs is 2. The fourth-order valence-corrected chi connectivity index (χ4v) is 4.82. The van der Waals surface area contributed by atoms with Crippen LogP contribution in [0.1, 0.15) is 39.2 Å². The van der Waals surface area contributed by atoms with Crippen LogP contribution in [0.3, 0.4) is 0 Å². The van der Waals surface area contributed by atoms with Crippen molar-refractivity contribution < 1.29 is 24.2 Å². The summed E-state index contributed by atoms with van der Waals surface area (Å²) in [6.07, 6.45) is 3.48. The first-order valence-corrected chi connectivity index (χ1v) is 10.1. The second-order valence-corrected chi connectivity index (χ2v) is 8.52. The Morgan fingerprint density at radius 2 is 2.03 bits per heavy atom.